The zero-order chi connectivity index (χ0) is 10.5. The second-order valence-corrected chi connectivity index (χ2v) is 4.90. The number of carbonyl (C=O) groups excluding carboxylic acids is 1. The van der Waals surface area contributed by atoms with Crippen molar-refractivity contribution in [1.29, 1.82) is 0 Å². The van der Waals surface area contributed by atoms with Gasteiger partial charge in [-0.05, 0) is 31.8 Å². The van der Waals surface area contributed by atoms with E-state index in [4.69, 9.17) is 0 Å². The van der Waals surface area contributed by atoms with Gasteiger partial charge in [-0.25, -0.2) is 0 Å². The minimum Gasteiger partial charge on any atom is -0.315 e. The molecule has 0 aromatic heterocycles. The van der Waals surface area contributed by atoms with Crippen molar-refractivity contribution in [3.05, 3.63) is 0 Å². The maximum absolute atomic E-state index is 11.7. The Balaban J connectivity index is 1.62. The van der Waals surface area contributed by atoms with Gasteiger partial charge in [-0.15, -0.1) is 0 Å². The van der Waals surface area contributed by atoms with Crippen LogP contribution in [0.1, 0.15) is 32.1 Å². The molecule has 86 valence electrons. The smallest absolute Gasteiger partial charge is 0.146 e. The van der Waals surface area contributed by atoms with Crippen LogP contribution in [0.2, 0.25) is 0 Å². The molecule has 0 spiro atoms. The van der Waals surface area contributed by atoms with Crippen LogP contribution in [0.4, 0.5) is 0 Å². The third-order valence-electron chi connectivity index (χ3n) is 3.36. The number of carbonyl (C=O) groups is 1. The first-order valence-electron chi connectivity index (χ1n) is 6.29. The quantitative estimate of drug-likeness (QED) is 0.736. The summed E-state index contributed by atoms with van der Waals surface area (Å²) in [5.41, 5.74) is 0. The molecule has 1 aliphatic heterocycles. The highest BCUT2D eigenvalue weighted by atomic mass is 16.1. The van der Waals surface area contributed by atoms with Gasteiger partial charge < -0.3 is 5.32 Å². The Labute approximate surface area is 92.2 Å². The Morgan fingerprint density at radius 1 is 1.27 bits per heavy atom. The number of ketones is 1. The van der Waals surface area contributed by atoms with Crippen LogP contribution in [-0.4, -0.2) is 43.4 Å². The maximum atomic E-state index is 11.7. The number of nitrogens with one attached hydrogen (secondary N) is 1. The van der Waals surface area contributed by atoms with Crippen LogP contribution in [0, 0.1) is 5.92 Å². The largest absolute Gasteiger partial charge is 0.315 e. The van der Waals surface area contributed by atoms with Crippen molar-refractivity contribution in [2.75, 3.05) is 32.7 Å². The van der Waals surface area contributed by atoms with Gasteiger partial charge in [0.1, 0.15) is 5.78 Å². The first kappa shape index (κ1) is 11.1. The summed E-state index contributed by atoms with van der Waals surface area (Å²) in [4.78, 5) is 14.0. The second kappa shape index (κ2) is 5.61. The Morgan fingerprint density at radius 3 is 2.93 bits per heavy atom. The van der Waals surface area contributed by atoms with Crippen molar-refractivity contribution in [3.8, 4) is 0 Å². The Kier molecular flexibility index (Phi) is 4.15. The van der Waals surface area contributed by atoms with Gasteiger partial charge >= 0.3 is 0 Å². The van der Waals surface area contributed by atoms with E-state index in [1.54, 1.807) is 0 Å². The molecule has 3 nitrogen and oxygen atoms in total. The fraction of sp³-hybridized carbons (Fsp3) is 0.917. The lowest BCUT2D eigenvalue weighted by molar-refractivity contribution is -0.120. The zero-order valence-electron chi connectivity index (χ0n) is 9.50. The molecule has 15 heavy (non-hydrogen) atoms. The molecular formula is C12H22N2O. The molecule has 2 rings (SSSR count). The summed E-state index contributed by atoms with van der Waals surface area (Å²) in [7, 11) is 0. The number of hydrogen-bond acceptors (Lipinski definition) is 3. The fourth-order valence-corrected chi connectivity index (χ4v) is 2.16. The predicted molar refractivity (Wildman–Crippen MR) is 60.9 cm³/mol. The minimum absolute atomic E-state index is 0.448. The van der Waals surface area contributed by atoms with Crippen LogP contribution in [-0.2, 0) is 4.79 Å². The van der Waals surface area contributed by atoms with Gasteiger partial charge in [0.05, 0.1) is 6.54 Å². The van der Waals surface area contributed by atoms with Crippen molar-refractivity contribution in [3.63, 3.8) is 0 Å². The van der Waals surface area contributed by atoms with Crippen LogP contribution < -0.4 is 5.32 Å². The summed E-state index contributed by atoms with van der Waals surface area (Å²) < 4.78 is 0. The third kappa shape index (κ3) is 4.31. The number of hydrogen-bond donors (Lipinski definition) is 1. The van der Waals surface area contributed by atoms with Crippen molar-refractivity contribution < 1.29 is 4.79 Å². The van der Waals surface area contributed by atoms with Crippen molar-refractivity contribution in [1.82, 2.24) is 10.2 Å². The Bertz CT molecular complexity index is 206. The molecule has 1 saturated carbocycles. The average molecular weight is 210 g/mol. The van der Waals surface area contributed by atoms with Crippen molar-refractivity contribution in [2.45, 2.75) is 32.1 Å². The molecular weight excluding hydrogens is 188 g/mol. The molecule has 0 aromatic carbocycles. The lowest BCUT2D eigenvalue weighted by Crippen LogP contribution is -2.33. The van der Waals surface area contributed by atoms with Gasteiger partial charge in [-0.2, -0.15) is 0 Å². The van der Waals surface area contributed by atoms with Gasteiger partial charge in [0.2, 0.25) is 0 Å². The van der Waals surface area contributed by atoms with E-state index in [0.29, 0.717) is 12.3 Å². The lowest BCUT2D eigenvalue weighted by atomic mass is 10.1. The molecule has 0 unspecified atom stereocenters. The van der Waals surface area contributed by atoms with E-state index in [1.165, 1.54) is 19.3 Å². The minimum atomic E-state index is 0.448. The van der Waals surface area contributed by atoms with Gasteiger partial charge in [0.25, 0.3) is 0 Å². The third-order valence-corrected chi connectivity index (χ3v) is 3.36. The van der Waals surface area contributed by atoms with Crippen molar-refractivity contribution in [2.24, 2.45) is 5.92 Å². The molecule has 1 aliphatic carbocycles. The molecule has 2 aliphatic rings. The highest BCUT2D eigenvalue weighted by molar-refractivity contribution is 5.80. The van der Waals surface area contributed by atoms with Crippen molar-refractivity contribution >= 4 is 5.78 Å². The van der Waals surface area contributed by atoms with E-state index in [2.05, 4.69) is 10.2 Å². The fourth-order valence-electron chi connectivity index (χ4n) is 2.16. The van der Waals surface area contributed by atoms with E-state index >= 15 is 0 Å². The summed E-state index contributed by atoms with van der Waals surface area (Å²) in [6.07, 6.45) is 5.86. The monoisotopic (exact) mass is 210 g/mol. The zero-order valence-corrected chi connectivity index (χ0v) is 9.50. The van der Waals surface area contributed by atoms with E-state index in [1.807, 2.05) is 0 Å². The number of nitrogens with zero attached hydrogens (tertiary/aromatic N) is 1. The van der Waals surface area contributed by atoms with Gasteiger partial charge in [0, 0.05) is 19.5 Å². The normalized spacial score (nSPS) is 23.7. The molecule has 2 fully saturated rings. The summed E-state index contributed by atoms with van der Waals surface area (Å²) in [5.74, 6) is 1.34. The summed E-state index contributed by atoms with van der Waals surface area (Å²) in [6, 6.07) is 0. The van der Waals surface area contributed by atoms with E-state index in [0.717, 1.165) is 44.9 Å². The number of rotatable bonds is 5. The van der Waals surface area contributed by atoms with E-state index in [-0.39, 0.29) is 0 Å². The van der Waals surface area contributed by atoms with Gasteiger partial charge in [0.15, 0.2) is 0 Å². The predicted octanol–water partition coefficient (Wildman–Crippen LogP) is 1.04. The highest BCUT2D eigenvalue weighted by Crippen LogP contribution is 2.33. The molecule has 1 saturated heterocycles. The van der Waals surface area contributed by atoms with Crippen LogP contribution >= 0.6 is 0 Å². The summed E-state index contributed by atoms with van der Waals surface area (Å²) in [6.45, 7) is 4.95. The SMILES string of the molecule is O=C(CCC1CC1)CN1CCCNCC1. The molecule has 1 heterocycles. The van der Waals surface area contributed by atoms with Gasteiger partial charge in [-0.3, -0.25) is 9.69 Å². The second-order valence-electron chi connectivity index (χ2n) is 4.90. The molecule has 3 heteroatoms. The molecule has 0 amide bonds. The Morgan fingerprint density at radius 2 is 2.13 bits per heavy atom. The lowest BCUT2D eigenvalue weighted by Gasteiger charge is -2.18. The summed E-state index contributed by atoms with van der Waals surface area (Å²) in [5, 5.41) is 3.36. The molecule has 1 N–H and O–H groups in total. The molecule has 0 aromatic rings. The Hall–Kier alpha value is -0.410. The van der Waals surface area contributed by atoms with Gasteiger partial charge in [-0.1, -0.05) is 12.8 Å². The number of Topliss-reactive ketones (excluding diaryl/α,β-unsaturated/α-hetero) is 1. The molecule has 0 radical (unpaired) electrons. The van der Waals surface area contributed by atoms with Crippen LogP contribution in [0.15, 0.2) is 0 Å². The summed E-state index contributed by atoms with van der Waals surface area (Å²) >= 11 is 0. The van der Waals surface area contributed by atoms with E-state index in [9.17, 15) is 4.79 Å². The molecule has 0 bridgehead atoms. The first-order chi connectivity index (χ1) is 7.34. The molecule has 0 atom stereocenters. The standard InChI is InChI=1S/C12H22N2O/c15-12(5-4-11-2-3-11)10-14-8-1-6-13-7-9-14/h11,13H,1-10H2. The highest BCUT2D eigenvalue weighted by Gasteiger charge is 2.22. The maximum Gasteiger partial charge on any atom is 0.146 e. The first-order valence-corrected chi connectivity index (χ1v) is 6.29. The van der Waals surface area contributed by atoms with Crippen LogP contribution in [0.25, 0.3) is 0 Å². The average Bonchev–Trinajstić information content (AvgIpc) is 3.03. The van der Waals surface area contributed by atoms with E-state index < -0.39 is 0 Å². The van der Waals surface area contributed by atoms with Crippen LogP contribution in [0.5, 0.6) is 0 Å². The van der Waals surface area contributed by atoms with Crippen LogP contribution in [0.3, 0.4) is 0 Å². The topological polar surface area (TPSA) is 32.3 Å².